The zero-order valence-electron chi connectivity index (χ0n) is 21.6. The van der Waals surface area contributed by atoms with Crippen LogP contribution in [0.2, 0.25) is 0 Å². The SMILES string of the molecule is CC(C)[C@H]1COC(c2c(C=NC(c3ccccc3)(c3ccccc3)c3ccccc3)sc3ccccc23)=N1. The van der Waals surface area contributed by atoms with E-state index < -0.39 is 5.54 Å². The third-order valence-electron chi connectivity index (χ3n) is 7.23. The van der Waals surface area contributed by atoms with Crippen LogP contribution >= 0.6 is 11.3 Å². The summed E-state index contributed by atoms with van der Waals surface area (Å²) in [6, 6.07) is 40.3. The minimum Gasteiger partial charge on any atom is -0.475 e. The van der Waals surface area contributed by atoms with Gasteiger partial charge >= 0.3 is 0 Å². The molecular weight excluding hydrogens is 484 g/mol. The first-order valence-electron chi connectivity index (χ1n) is 13.1. The molecule has 0 fully saturated rings. The molecule has 0 radical (unpaired) electrons. The van der Waals surface area contributed by atoms with Crippen molar-refractivity contribution in [1.82, 2.24) is 0 Å². The molecular formula is C34H30N2OS. The fourth-order valence-corrected chi connectivity index (χ4v) is 6.23. The van der Waals surface area contributed by atoms with E-state index in [-0.39, 0.29) is 6.04 Å². The van der Waals surface area contributed by atoms with E-state index >= 15 is 0 Å². The normalized spacial score (nSPS) is 15.8. The number of nitrogens with zero attached hydrogens (tertiary/aromatic N) is 2. The largest absolute Gasteiger partial charge is 0.475 e. The van der Waals surface area contributed by atoms with Crippen molar-refractivity contribution in [2.24, 2.45) is 15.9 Å². The highest BCUT2D eigenvalue weighted by atomic mass is 32.1. The summed E-state index contributed by atoms with van der Waals surface area (Å²) in [5, 5.41) is 1.16. The molecule has 6 rings (SSSR count). The number of hydrogen-bond acceptors (Lipinski definition) is 4. The molecule has 0 amide bonds. The van der Waals surface area contributed by atoms with Gasteiger partial charge in [0.15, 0.2) is 0 Å². The Balaban J connectivity index is 1.58. The van der Waals surface area contributed by atoms with Crippen molar-refractivity contribution in [3.8, 4) is 0 Å². The summed E-state index contributed by atoms with van der Waals surface area (Å²) in [5.41, 5.74) is 3.68. The van der Waals surface area contributed by atoms with Crippen LogP contribution in [0.4, 0.5) is 0 Å². The summed E-state index contributed by atoms with van der Waals surface area (Å²) in [5.74, 6) is 1.16. The zero-order valence-corrected chi connectivity index (χ0v) is 22.4. The van der Waals surface area contributed by atoms with Crippen LogP contribution in [0.3, 0.4) is 0 Å². The number of thiophene rings is 1. The van der Waals surface area contributed by atoms with E-state index in [0.29, 0.717) is 12.5 Å². The molecule has 188 valence electrons. The third kappa shape index (κ3) is 4.35. The van der Waals surface area contributed by atoms with E-state index in [1.165, 1.54) is 4.70 Å². The Hall–Kier alpha value is -4.02. The molecule has 0 saturated heterocycles. The van der Waals surface area contributed by atoms with Crippen LogP contribution in [-0.4, -0.2) is 24.8 Å². The highest BCUT2D eigenvalue weighted by molar-refractivity contribution is 7.21. The maximum atomic E-state index is 6.20. The second-order valence-corrected chi connectivity index (χ2v) is 11.0. The van der Waals surface area contributed by atoms with E-state index in [1.54, 1.807) is 11.3 Å². The van der Waals surface area contributed by atoms with Crippen molar-refractivity contribution in [3.63, 3.8) is 0 Å². The molecule has 0 unspecified atom stereocenters. The Labute approximate surface area is 228 Å². The molecule has 1 aliphatic rings. The van der Waals surface area contributed by atoms with Crippen LogP contribution in [0.15, 0.2) is 125 Å². The lowest BCUT2D eigenvalue weighted by atomic mass is 9.77. The number of benzene rings is 4. The van der Waals surface area contributed by atoms with Crippen molar-refractivity contribution < 1.29 is 4.74 Å². The summed E-state index contributed by atoms with van der Waals surface area (Å²) < 4.78 is 7.40. The first kappa shape index (κ1) is 24.3. The van der Waals surface area contributed by atoms with Crippen molar-refractivity contribution in [1.29, 1.82) is 0 Å². The molecule has 2 heterocycles. The molecule has 4 aromatic carbocycles. The Morgan fingerprint density at radius 2 is 1.32 bits per heavy atom. The lowest BCUT2D eigenvalue weighted by Crippen LogP contribution is -2.27. The van der Waals surface area contributed by atoms with Gasteiger partial charge < -0.3 is 4.74 Å². The van der Waals surface area contributed by atoms with Gasteiger partial charge in [-0.2, -0.15) is 0 Å². The van der Waals surface area contributed by atoms with Gasteiger partial charge in [0.2, 0.25) is 5.90 Å². The fourth-order valence-electron chi connectivity index (χ4n) is 5.16. The van der Waals surface area contributed by atoms with Gasteiger partial charge in [0.1, 0.15) is 12.1 Å². The van der Waals surface area contributed by atoms with Crippen LogP contribution in [0.25, 0.3) is 10.1 Å². The second kappa shape index (κ2) is 10.4. The summed E-state index contributed by atoms with van der Waals surface area (Å²) >= 11 is 1.74. The molecule has 0 spiro atoms. The van der Waals surface area contributed by atoms with Gasteiger partial charge in [0, 0.05) is 16.3 Å². The van der Waals surface area contributed by atoms with Crippen molar-refractivity contribution in [2.45, 2.75) is 25.4 Å². The molecule has 1 aromatic heterocycles. The van der Waals surface area contributed by atoms with Crippen molar-refractivity contribution >= 4 is 33.5 Å². The van der Waals surface area contributed by atoms with Crippen LogP contribution in [0.5, 0.6) is 0 Å². The summed E-state index contributed by atoms with van der Waals surface area (Å²) in [4.78, 5) is 11.5. The third-order valence-corrected chi connectivity index (χ3v) is 8.34. The van der Waals surface area contributed by atoms with E-state index in [9.17, 15) is 0 Å². The first-order chi connectivity index (χ1) is 18.7. The molecule has 5 aromatic rings. The molecule has 4 heteroatoms. The monoisotopic (exact) mass is 514 g/mol. The van der Waals surface area contributed by atoms with Gasteiger partial charge in [0.25, 0.3) is 0 Å². The molecule has 0 saturated carbocycles. The van der Waals surface area contributed by atoms with Gasteiger partial charge in [-0.15, -0.1) is 11.3 Å². The Morgan fingerprint density at radius 1 is 0.789 bits per heavy atom. The predicted octanol–water partition coefficient (Wildman–Crippen LogP) is 8.11. The van der Waals surface area contributed by atoms with Gasteiger partial charge in [-0.1, -0.05) is 123 Å². The Bertz CT molecular complexity index is 1490. The topological polar surface area (TPSA) is 34.0 Å². The van der Waals surface area contributed by atoms with Gasteiger partial charge in [-0.05, 0) is 28.7 Å². The number of rotatable bonds is 7. The quantitative estimate of drug-likeness (QED) is 0.159. The minimum atomic E-state index is -0.712. The van der Waals surface area contributed by atoms with E-state index in [1.807, 2.05) is 6.21 Å². The fraction of sp³-hybridized carbons (Fsp3) is 0.176. The average molecular weight is 515 g/mol. The molecule has 3 nitrogen and oxygen atoms in total. The highest BCUT2D eigenvalue weighted by Gasteiger charge is 2.36. The molecule has 1 atom stereocenters. The number of fused-ring (bicyclic) bond motifs is 1. The standard InChI is InChI=1S/C34H30N2OS/c1-24(2)29-23-37-33(36-29)32-28-20-12-13-21-30(28)38-31(32)22-35-34(25-14-6-3-7-15-25,26-16-8-4-9-17-26)27-18-10-5-11-19-27/h3-22,24,29H,23H2,1-2H3/t29-/m1/s1. The molecule has 38 heavy (non-hydrogen) atoms. The number of hydrogen-bond donors (Lipinski definition) is 0. The van der Waals surface area contributed by atoms with Crippen LogP contribution < -0.4 is 0 Å². The number of aliphatic imine (C=N–C) groups is 2. The van der Waals surface area contributed by atoms with E-state index in [0.717, 1.165) is 38.4 Å². The zero-order chi connectivity index (χ0) is 26.0. The average Bonchev–Trinajstić information content (AvgIpc) is 3.60. The van der Waals surface area contributed by atoms with E-state index in [4.69, 9.17) is 14.7 Å². The summed E-state index contributed by atoms with van der Waals surface area (Å²) in [6.07, 6.45) is 2.04. The lowest BCUT2D eigenvalue weighted by molar-refractivity contribution is 0.292. The smallest absolute Gasteiger partial charge is 0.218 e. The highest BCUT2D eigenvalue weighted by Crippen LogP contribution is 2.41. The maximum absolute atomic E-state index is 6.20. The summed E-state index contributed by atoms with van der Waals surface area (Å²) in [7, 11) is 0. The molecule has 0 aliphatic carbocycles. The Morgan fingerprint density at radius 3 is 1.84 bits per heavy atom. The van der Waals surface area contributed by atoms with Crippen LogP contribution in [-0.2, 0) is 10.3 Å². The molecule has 0 bridgehead atoms. The van der Waals surface area contributed by atoms with Crippen molar-refractivity contribution in [3.05, 3.63) is 142 Å². The molecule has 0 N–H and O–H groups in total. The lowest BCUT2D eigenvalue weighted by Gasteiger charge is -2.32. The van der Waals surface area contributed by atoms with Crippen LogP contribution in [0, 0.1) is 5.92 Å². The van der Waals surface area contributed by atoms with Crippen LogP contribution in [0.1, 0.15) is 41.0 Å². The predicted molar refractivity (Wildman–Crippen MR) is 160 cm³/mol. The Kier molecular flexibility index (Phi) is 6.65. The van der Waals surface area contributed by atoms with Gasteiger partial charge in [-0.25, -0.2) is 4.99 Å². The number of ether oxygens (including phenoxy) is 1. The second-order valence-electron chi connectivity index (χ2n) is 9.96. The van der Waals surface area contributed by atoms with E-state index in [2.05, 4.69) is 129 Å². The minimum absolute atomic E-state index is 0.172. The van der Waals surface area contributed by atoms with Crippen molar-refractivity contribution in [2.75, 3.05) is 6.61 Å². The summed E-state index contributed by atoms with van der Waals surface area (Å²) in [6.45, 7) is 5.01. The van der Waals surface area contributed by atoms with Gasteiger partial charge in [-0.3, -0.25) is 4.99 Å². The maximum Gasteiger partial charge on any atom is 0.218 e. The first-order valence-corrected chi connectivity index (χ1v) is 13.9. The molecule has 1 aliphatic heterocycles. The van der Waals surface area contributed by atoms with Gasteiger partial charge in [0.05, 0.1) is 16.5 Å².